The van der Waals surface area contributed by atoms with Crippen LogP contribution in [0.2, 0.25) is 0 Å². The number of hydrogen-bond acceptors (Lipinski definition) is 2. The van der Waals surface area contributed by atoms with Gasteiger partial charge in [-0.15, -0.1) is 0 Å². The van der Waals surface area contributed by atoms with Gasteiger partial charge >= 0.3 is 0 Å². The molecular weight excluding hydrogens is 295 g/mol. The Morgan fingerprint density at radius 2 is 2.17 bits per heavy atom. The Morgan fingerprint density at radius 1 is 1.33 bits per heavy atom. The molecule has 2 fully saturated rings. The maximum atomic E-state index is 13.3. The van der Waals surface area contributed by atoms with E-state index in [4.69, 9.17) is 5.73 Å². The largest absolute Gasteiger partial charge is 0.327 e. The van der Waals surface area contributed by atoms with Crippen molar-refractivity contribution in [1.29, 1.82) is 0 Å². The minimum atomic E-state index is -0.163. The average molecular weight is 313 g/mol. The summed E-state index contributed by atoms with van der Waals surface area (Å²) in [5.41, 5.74) is 7.16. The third-order valence-corrected chi connectivity index (χ3v) is 5.16. The van der Waals surface area contributed by atoms with Crippen molar-refractivity contribution in [2.75, 3.05) is 13.1 Å². The van der Waals surface area contributed by atoms with E-state index < -0.39 is 0 Å². The maximum Gasteiger partial charge on any atom is 0.123 e. The molecule has 2 N–H and O–H groups in total. The van der Waals surface area contributed by atoms with E-state index in [1.807, 2.05) is 0 Å². The third-order valence-electron chi connectivity index (χ3n) is 4.39. The number of fused-ring (bicyclic) bond motifs is 1. The number of nitrogens with two attached hydrogens (primary N) is 1. The lowest BCUT2D eigenvalue weighted by molar-refractivity contribution is 0.297. The van der Waals surface area contributed by atoms with Crippen molar-refractivity contribution in [2.24, 2.45) is 17.6 Å². The van der Waals surface area contributed by atoms with E-state index in [1.54, 1.807) is 12.1 Å². The highest BCUT2D eigenvalue weighted by Crippen LogP contribution is 2.38. The molecule has 1 aromatic carbocycles. The molecule has 2 nitrogen and oxygen atoms in total. The molecule has 4 heteroatoms. The van der Waals surface area contributed by atoms with E-state index in [1.165, 1.54) is 18.9 Å². The molecule has 0 bridgehead atoms. The zero-order valence-electron chi connectivity index (χ0n) is 10.3. The molecular formula is C14H18BrFN2. The molecule has 98 valence electrons. The Morgan fingerprint density at radius 3 is 2.94 bits per heavy atom. The van der Waals surface area contributed by atoms with Crippen LogP contribution < -0.4 is 5.73 Å². The number of halogens is 2. The summed E-state index contributed by atoms with van der Waals surface area (Å²) >= 11 is 3.49. The van der Waals surface area contributed by atoms with Crippen molar-refractivity contribution in [3.05, 3.63) is 34.1 Å². The monoisotopic (exact) mass is 312 g/mol. The van der Waals surface area contributed by atoms with Crippen molar-refractivity contribution < 1.29 is 4.39 Å². The van der Waals surface area contributed by atoms with Gasteiger partial charge in [-0.2, -0.15) is 0 Å². The Balaban J connectivity index is 1.69. The predicted molar refractivity (Wildman–Crippen MR) is 73.6 cm³/mol. The number of benzene rings is 1. The van der Waals surface area contributed by atoms with Gasteiger partial charge in [-0.25, -0.2) is 4.39 Å². The first-order chi connectivity index (χ1) is 8.63. The fraction of sp³-hybridized carbons (Fsp3) is 0.571. The lowest BCUT2D eigenvalue weighted by atomic mass is 9.98. The van der Waals surface area contributed by atoms with Crippen LogP contribution in [0, 0.1) is 17.7 Å². The quantitative estimate of drug-likeness (QED) is 0.910. The second kappa shape index (κ2) is 4.91. The smallest absolute Gasteiger partial charge is 0.123 e. The van der Waals surface area contributed by atoms with Gasteiger partial charge in [-0.1, -0.05) is 15.9 Å². The average Bonchev–Trinajstić information content (AvgIpc) is 2.87. The second-order valence-electron chi connectivity index (χ2n) is 5.59. The molecule has 1 saturated heterocycles. The van der Waals surface area contributed by atoms with Gasteiger partial charge in [0.05, 0.1) is 0 Å². The lowest BCUT2D eigenvalue weighted by Gasteiger charge is -2.19. The molecule has 3 atom stereocenters. The van der Waals surface area contributed by atoms with Gasteiger partial charge in [0.1, 0.15) is 5.82 Å². The zero-order valence-corrected chi connectivity index (χ0v) is 11.9. The molecule has 1 heterocycles. The third kappa shape index (κ3) is 2.33. The van der Waals surface area contributed by atoms with Gasteiger partial charge < -0.3 is 5.73 Å². The van der Waals surface area contributed by atoms with E-state index in [0.717, 1.165) is 35.6 Å². The molecule has 3 unspecified atom stereocenters. The summed E-state index contributed by atoms with van der Waals surface area (Å²) in [7, 11) is 0. The first-order valence-electron chi connectivity index (χ1n) is 6.55. The number of rotatable bonds is 2. The Kier molecular flexibility index (Phi) is 3.43. The molecule has 1 aliphatic carbocycles. The van der Waals surface area contributed by atoms with Crippen LogP contribution in [0.1, 0.15) is 18.4 Å². The second-order valence-corrected chi connectivity index (χ2v) is 6.45. The number of nitrogens with zero attached hydrogens (tertiary/aromatic N) is 1. The predicted octanol–water partition coefficient (Wildman–Crippen LogP) is 2.76. The van der Waals surface area contributed by atoms with Gasteiger partial charge in [-0.05, 0) is 48.4 Å². The van der Waals surface area contributed by atoms with Crippen LogP contribution in [0.4, 0.5) is 4.39 Å². The van der Waals surface area contributed by atoms with Crippen LogP contribution in [-0.2, 0) is 6.54 Å². The Hall–Kier alpha value is -0.450. The molecule has 3 rings (SSSR count). The molecule has 0 aromatic heterocycles. The van der Waals surface area contributed by atoms with Crippen LogP contribution in [0.25, 0.3) is 0 Å². The first kappa shape index (κ1) is 12.6. The first-order valence-corrected chi connectivity index (χ1v) is 7.34. The topological polar surface area (TPSA) is 29.3 Å². The summed E-state index contributed by atoms with van der Waals surface area (Å²) in [6.45, 7) is 2.99. The molecule has 1 aromatic rings. The summed E-state index contributed by atoms with van der Waals surface area (Å²) < 4.78 is 14.2. The van der Waals surface area contributed by atoms with Gasteiger partial charge in [0, 0.05) is 30.1 Å². The normalized spacial score (nSPS) is 31.8. The summed E-state index contributed by atoms with van der Waals surface area (Å²) in [6, 6.07) is 5.27. The van der Waals surface area contributed by atoms with Gasteiger partial charge in [-0.3, -0.25) is 4.90 Å². The van der Waals surface area contributed by atoms with Crippen molar-refractivity contribution in [3.8, 4) is 0 Å². The minimum absolute atomic E-state index is 0.163. The van der Waals surface area contributed by atoms with Crippen LogP contribution in [-0.4, -0.2) is 24.0 Å². The fourth-order valence-corrected chi connectivity index (χ4v) is 3.81. The molecule has 1 saturated carbocycles. The number of hydrogen-bond donors (Lipinski definition) is 1. The van der Waals surface area contributed by atoms with E-state index >= 15 is 0 Å². The SMILES string of the molecule is NC1CCC2CN(Cc3cc(F)ccc3Br)CC12. The minimum Gasteiger partial charge on any atom is -0.327 e. The van der Waals surface area contributed by atoms with Crippen molar-refractivity contribution in [2.45, 2.75) is 25.4 Å². The molecule has 1 aliphatic heterocycles. The van der Waals surface area contributed by atoms with Gasteiger partial charge in [0.2, 0.25) is 0 Å². The van der Waals surface area contributed by atoms with Gasteiger partial charge in [0.25, 0.3) is 0 Å². The molecule has 2 aliphatic rings. The van der Waals surface area contributed by atoms with E-state index in [9.17, 15) is 4.39 Å². The van der Waals surface area contributed by atoms with E-state index in [-0.39, 0.29) is 5.82 Å². The summed E-state index contributed by atoms with van der Waals surface area (Å²) in [5.74, 6) is 1.24. The van der Waals surface area contributed by atoms with Crippen LogP contribution >= 0.6 is 15.9 Å². The highest BCUT2D eigenvalue weighted by atomic mass is 79.9. The van der Waals surface area contributed by atoms with E-state index in [0.29, 0.717) is 12.0 Å². The number of likely N-dealkylation sites (tertiary alicyclic amines) is 1. The zero-order chi connectivity index (χ0) is 12.7. The molecule has 0 radical (unpaired) electrons. The van der Waals surface area contributed by atoms with Crippen LogP contribution in [0.3, 0.4) is 0 Å². The van der Waals surface area contributed by atoms with Crippen LogP contribution in [0.5, 0.6) is 0 Å². The highest BCUT2D eigenvalue weighted by molar-refractivity contribution is 9.10. The lowest BCUT2D eigenvalue weighted by Crippen LogP contribution is -2.30. The fourth-order valence-electron chi connectivity index (χ4n) is 3.43. The Bertz CT molecular complexity index is 451. The molecule has 0 spiro atoms. The van der Waals surface area contributed by atoms with Crippen molar-refractivity contribution in [1.82, 2.24) is 4.90 Å². The summed E-state index contributed by atoms with van der Waals surface area (Å²) in [6.07, 6.45) is 2.43. The summed E-state index contributed by atoms with van der Waals surface area (Å²) in [5, 5.41) is 0. The molecule has 18 heavy (non-hydrogen) atoms. The standard InChI is InChI=1S/C14H18BrFN2/c15-13-3-2-11(16)5-10(13)7-18-6-9-1-4-14(17)12(9)8-18/h2-3,5,9,12,14H,1,4,6-8,17H2. The maximum absolute atomic E-state index is 13.3. The van der Waals surface area contributed by atoms with E-state index in [2.05, 4.69) is 20.8 Å². The summed E-state index contributed by atoms with van der Waals surface area (Å²) in [4.78, 5) is 2.41. The highest BCUT2D eigenvalue weighted by Gasteiger charge is 2.40. The van der Waals surface area contributed by atoms with Crippen molar-refractivity contribution in [3.63, 3.8) is 0 Å². The van der Waals surface area contributed by atoms with Crippen molar-refractivity contribution >= 4 is 15.9 Å². The van der Waals surface area contributed by atoms with Gasteiger partial charge in [0.15, 0.2) is 0 Å². The molecule has 0 amide bonds. The van der Waals surface area contributed by atoms with Crippen LogP contribution in [0.15, 0.2) is 22.7 Å². The Labute approximate surface area is 115 Å².